The molecule has 0 aliphatic heterocycles. The van der Waals surface area contributed by atoms with E-state index in [1.807, 2.05) is 13.0 Å². The number of pyridine rings is 1. The maximum atomic E-state index is 11.2. The molecular formula is C13H17BrN2OSi. The molecule has 0 saturated heterocycles. The first kappa shape index (κ1) is 14.9. The fourth-order valence-corrected chi connectivity index (χ4v) is 2.02. The summed E-state index contributed by atoms with van der Waals surface area (Å²) in [5.74, 6) is 3.53. The van der Waals surface area contributed by atoms with Crippen LogP contribution in [0.3, 0.4) is 0 Å². The van der Waals surface area contributed by atoms with Gasteiger partial charge in [-0.25, -0.2) is 4.98 Å². The molecule has 96 valence electrons. The van der Waals surface area contributed by atoms with Gasteiger partial charge in [0.2, 0.25) is 5.91 Å². The number of anilines is 1. The zero-order valence-electron chi connectivity index (χ0n) is 11.3. The van der Waals surface area contributed by atoms with E-state index in [0.29, 0.717) is 5.82 Å². The Morgan fingerprint density at radius 3 is 2.56 bits per heavy atom. The molecule has 18 heavy (non-hydrogen) atoms. The van der Waals surface area contributed by atoms with Gasteiger partial charge in [0, 0.05) is 11.4 Å². The molecule has 1 heterocycles. The lowest BCUT2D eigenvalue weighted by Crippen LogP contribution is -2.16. The first-order valence-corrected chi connectivity index (χ1v) is 9.96. The Bertz CT molecular complexity index is 538. The van der Waals surface area contributed by atoms with Crippen molar-refractivity contribution in [1.29, 1.82) is 0 Å². The molecule has 1 N–H and O–H groups in total. The highest BCUT2D eigenvalue weighted by Crippen LogP contribution is 2.21. The number of rotatable bonds is 1. The van der Waals surface area contributed by atoms with Crippen LogP contribution in [-0.2, 0) is 4.79 Å². The predicted molar refractivity (Wildman–Crippen MR) is 81.2 cm³/mol. The van der Waals surface area contributed by atoms with Gasteiger partial charge >= 0.3 is 0 Å². The van der Waals surface area contributed by atoms with Gasteiger partial charge in [-0.05, 0) is 28.9 Å². The fourth-order valence-electron chi connectivity index (χ4n) is 1.19. The monoisotopic (exact) mass is 324 g/mol. The largest absolute Gasteiger partial charge is 0.310 e. The third-order valence-electron chi connectivity index (χ3n) is 2.02. The van der Waals surface area contributed by atoms with Crippen LogP contribution in [0, 0.1) is 18.4 Å². The van der Waals surface area contributed by atoms with Gasteiger partial charge in [-0.1, -0.05) is 25.6 Å². The molecule has 0 bridgehead atoms. The Hall–Kier alpha value is -1.12. The summed E-state index contributed by atoms with van der Waals surface area (Å²) in [6.45, 7) is 9.87. The number of aryl methyl sites for hydroxylation is 1. The van der Waals surface area contributed by atoms with Gasteiger partial charge < -0.3 is 5.32 Å². The zero-order chi connectivity index (χ0) is 13.9. The molecule has 0 fully saturated rings. The highest BCUT2D eigenvalue weighted by atomic mass is 79.9. The van der Waals surface area contributed by atoms with Gasteiger partial charge in [0.05, 0.1) is 11.3 Å². The zero-order valence-corrected chi connectivity index (χ0v) is 13.9. The number of nitrogens with zero attached hydrogens (tertiary/aromatic N) is 1. The standard InChI is InChI=1S/C13H17BrN2OSi/c1-9-12(14)8-11(6-7-18(3,4)5)13(15-9)16-10(2)17/h8H,1-5H3,(H,15,16,17). The van der Waals surface area contributed by atoms with E-state index >= 15 is 0 Å². The lowest BCUT2D eigenvalue weighted by Gasteiger charge is -2.08. The van der Waals surface area contributed by atoms with Crippen LogP contribution in [0.5, 0.6) is 0 Å². The second-order valence-corrected chi connectivity index (χ2v) is 10.7. The predicted octanol–water partition coefficient (Wildman–Crippen LogP) is 3.34. The first-order chi connectivity index (χ1) is 8.19. The summed E-state index contributed by atoms with van der Waals surface area (Å²) in [6, 6.07) is 1.90. The van der Waals surface area contributed by atoms with E-state index in [1.54, 1.807) is 0 Å². The molecule has 1 rings (SSSR count). The van der Waals surface area contributed by atoms with Crippen LogP contribution in [0.4, 0.5) is 5.82 Å². The van der Waals surface area contributed by atoms with Crippen molar-refractivity contribution in [2.24, 2.45) is 0 Å². The Morgan fingerprint density at radius 2 is 2.06 bits per heavy atom. The Morgan fingerprint density at radius 1 is 1.44 bits per heavy atom. The minimum atomic E-state index is -1.45. The summed E-state index contributed by atoms with van der Waals surface area (Å²) in [6.07, 6.45) is 0. The summed E-state index contributed by atoms with van der Waals surface area (Å²) in [4.78, 5) is 15.5. The Kier molecular flexibility index (Phi) is 4.71. The van der Waals surface area contributed by atoms with Gasteiger partial charge in [0.1, 0.15) is 13.9 Å². The van der Waals surface area contributed by atoms with Gasteiger partial charge in [-0.2, -0.15) is 0 Å². The second kappa shape index (κ2) is 5.68. The molecule has 0 spiro atoms. The van der Waals surface area contributed by atoms with Crippen LogP contribution < -0.4 is 5.32 Å². The number of halogens is 1. The van der Waals surface area contributed by atoms with E-state index in [2.05, 4.69) is 57.3 Å². The third-order valence-corrected chi connectivity index (χ3v) is 3.70. The summed E-state index contributed by atoms with van der Waals surface area (Å²) in [5, 5.41) is 2.72. The minimum absolute atomic E-state index is 0.139. The van der Waals surface area contributed by atoms with Crippen molar-refractivity contribution in [3.8, 4) is 11.5 Å². The molecule has 1 aromatic heterocycles. The summed E-state index contributed by atoms with van der Waals surface area (Å²) in [5.41, 5.74) is 4.86. The fraction of sp³-hybridized carbons (Fsp3) is 0.385. The number of nitrogens with one attached hydrogen (secondary N) is 1. The Balaban J connectivity index is 3.26. The molecule has 0 aromatic carbocycles. The van der Waals surface area contributed by atoms with Crippen LogP contribution >= 0.6 is 15.9 Å². The maximum absolute atomic E-state index is 11.2. The number of hydrogen-bond donors (Lipinski definition) is 1. The molecular weight excluding hydrogens is 308 g/mol. The molecule has 1 aromatic rings. The van der Waals surface area contributed by atoms with E-state index in [9.17, 15) is 4.79 Å². The highest BCUT2D eigenvalue weighted by molar-refractivity contribution is 9.10. The van der Waals surface area contributed by atoms with Crippen molar-refractivity contribution >= 4 is 35.7 Å². The van der Waals surface area contributed by atoms with E-state index in [4.69, 9.17) is 0 Å². The molecule has 0 aliphatic rings. The number of carbonyl (C=O) groups excluding carboxylic acids is 1. The summed E-state index contributed by atoms with van der Waals surface area (Å²) >= 11 is 3.44. The average Bonchev–Trinajstić information content (AvgIpc) is 2.19. The van der Waals surface area contributed by atoms with E-state index in [-0.39, 0.29) is 5.91 Å². The number of carbonyl (C=O) groups is 1. The van der Waals surface area contributed by atoms with Crippen molar-refractivity contribution in [1.82, 2.24) is 4.98 Å². The molecule has 0 saturated carbocycles. The molecule has 0 radical (unpaired) electrons. The van der Waals surface area contributed by atoms with Crippen molar-refractivity contribution in [3.05, 3.63) is 21.8 Å². The van der Waals surface area contributed by atoms with E-state index in [0.717, 1.165) is 15.7 Å². The van der Waals surface area contributed by atoms with Gasteiger partial charge in [-0.15, -0.1) is 5.54 Å². The second-order valence-electron chi connectivity index (χ2n) is 5.13. The summed E-state index contributed by atoms with van der Waals surface area (Å²) < 4.78 is 0.900. The molecule has 0 aliphatic carbocycles. The Labute approximate surface area is 118 Å². The first-order valence-electron chi connectivity index (χ1n) is 5.67. The number of aromatic nitrogens is 1. The molecule has 0 unspecified atom stereocenters. The van der Waals surface area contributed by atoms with Crippen molar-refractivity contribution < 1.29 is 4.79 Å². The molecule has 1 amide bonds. The molecule has 3 nitrogen and oxygen atoms in total. The number of hydrogen-bond acceptors (Lipinski definition) is 2. The van der Waals surface area contributed by atoms with Crippen LogP contribution in [0.25, 0.3) is 0 Å². The van der Waals surface area contributed by atoms with E-state index < -0.39 is 8.07 Å². The maximum Gasteiger partial charge on any atom is 0.222 e. The van der Waals surface area contributed by atoms with Crippen LogP contribution in [0.1, 0.15) is 18.2 Å². The molecule has 5 heteroatoms. The van der Waals surface area contributed by atoms with Crippen LogP contribution in [-0.4, -0.2) is 19.0 Å². The smallest absolute Gasteiger partial charge is 0.222 e. The normalized spacial score (nSPS) is 10.6. The summed E-state index contributed by atoms with van der Waals surface area (Å²) in [7, 11) is -1.45. The average molecular weight is 325 g/mol. The lowest BCUT2D eigenvalue weighted by atomic mass is 10.2. The lowest BCUT2D eigenvalue weighted by molar-refractivity contribution is -0.114. The van der Waals surface area contributed by atoms with Crippen molar-refractivity contribution in [2.75, 3.05) is 5.32 Å². The highest BCUT2D eigenvalue weighted by Gasteiger charge is 2.10. The van der Waals surface area contributed by atoms with Crippen molar-refractivity contribution in [3.63, 3.8) is 0 Å². The minimum Gasteiger partial charge on any atom is -0.310 e. The molecule has 0 atom stereocenters. The van der Waals surface area contributed by atoms with Crippen LogP contribution in [0.2, 0.25) is 19.6 Å². The van der Waals surface area contributed by atoms with Crippen LogP contribution in [0.15, 0.2) is 10.5 Å². The van der Waals surface area contributed by atoms with Gasteiger partial charge in [0.15, 0.2) is 0 Å². The number of amides is 1. The quantitative estimate of drug-likeness (QED) is 0.636. The van der Waals surface area contributed by atoms with Gasteiger partial charge in [0.25, 0.3) is 0 Å². The third kappa shape index (κ3) is 4.63. The SMILES string of the molecule is CC(=O)Nc1nc(C)c(Br)cc1C#C[Si](C)(C)C. The topological polar surface area (TPSA) is 42.0 Å². The van der Waals surface area contributed by atoms with Gasteiger partial charge in [-0.3, -0.25) is 4.79 Å². The van der Waals surface area contributed by atoms with E-state index in [1.165, 1.54) is 6.92 Å². The van der Waals surface area contributed by atoms with Crippen molar-refractivity contribution in [2.45, 2.75) is 33.5 Å².